The minimum Gasteiger partial charge on any atom is -0.396 e. The molecule has 1 amide bonds. The summed E-state index contributed by atoms with van der Waals surface area (Å²) < 4.78 is 13.2. The fourth-order valence-corrected chi connectivity index (χ4v) is 3.19. The van der Waals surface area contributed by atoms with E-state index in [2.05, 4.69) is 18.9 Å². The number of amides is 1. The van der Waals surface area contributed by atoms with Crippen molar-refractivity contribution in [2.24, 2.45) is 11.8 Å². The second kappa shape index (κ2) is 8.41. The molecule has 0 bridgehead atoms. The maximum absolute atomic E-state index is 13.2. The minimum absolute atomic E-state index is 0.0920. The molecule has 0 unspecified atom stereocenters. The molecule has 0 radical (unpaired) electrons. The molecule has 0 aromatic heterocycles. The van der Waals surface area contributed by atoms with E-state index in [9.17, 15) is 14.3 Å². The van der Waals surface area contributed by atoms with Crippen molar-refractivity contribution in [1.82, 2.24) is 9.80 Å². The molecule has 0 aliphatic carbocycles. The number of aliphatic hydroxyl groups excluding tert-OH is 1. The predicted octanol–water partition coefficient (Wildman–Crippen LogP) is 1.78. The van der Waals surface area contributed by atoms with Gasteiger partial charge in [-0.1, -0.05) is 19.1 Å². The highest BCUT2D eigenvalue weighted by atomic mass is 19.1. The summed E-state index contributed by atoms with van der Waals surface area (Å²) in [5, 5.41) is 9.56. The molecule has 0 spiro atoms. The summed E-state index contributed by atoms with van der Waals surface area (Å²) in [6, 6.07) is 6.40. The average molecular weight is 322 g/mol. The molecule has 1 fully saturated rings. The van der Waals surface area contributed by atoms with Crippen molar-refractivity contribution in [3.63, 3.8) is 0 Å². The van der Waals surface area contributed by atoms with Crippen LogP contribution in [-0.4, -0.2) is 60.6 Å². The lowest BCUT2D eigenvalue weighted by molar-refractivity contribution is -0.130. The summed E-state index contributed by atoms with van der Waals surface area (Å²) in [4.78, 5) is 16.5. The molecule has 2 rings (SSSR count). The van der Waals surface area contributed by atoms with Crippen molar-refractivity contribution in [2.45, 2.75) is 19.8 Å². The van der Waals surface area contributed by atoms with Gasteiger partial charge in [0, 0.05) is 38.6 Å². The quantitative estimate of drug-likeness (QED) is 0.832. The van der Waals surface area contributed by atoms with E-state index in [1.165, 1.54) is 12.1 Å². The van der Waals surface area contributed by atoms with Gasteiger partial charge in [0.2, 0.25) is 5.91 Å². The van der Waals surface area contributed by atoms with Gasteiger partial charge in [-0.05, 0) is 43.6 Å². The fraction of sp³-hybridized carbons (Fsp3) is 0.611. The zero-order valence-electron chi connectivity index (χ0n) is 14.0. The normalized spacial score (nSPS) is 21.2. The van der Waals surface area contributed by atoms with E-state index in [-0.39, 0.29) is 24.2 Å². The van der Waals surface area contributed by atoms with E-state index in [1.54, 1.807) is 6.07 Å². The van der Waals surface area contributed by atoms with Gasteiger partial charge in [0.15, 0.2) is 0 Å². The number of likely N-dealkylation sites (tertiary alicyclic amines) is 1. The predicted molar refractivity (Wildman–Crippen MR) is 88.5 cm³/mol. The SMILES string of the molecule is CCN(C)C[C@@H]1CN(C(=O)CCc2cccc(F)c2)C[C@@H]1CO. The number of aliphatic hydroxyl groups is 1. The largest absolute Gasteiger partial charge is 0.396 e. The van der Waals surface area contributed by atoms with Crippen molar-refractivity contribution in [3.8, 4) is 0 Å². The van der Waals surface area contributed by atoms with Crippen molar-refractivity contribution < 1.29 is 14.3 Å². The van der Waals surface area contributed by atoms with Gasteiger partial charge in [-0.25, -0.2) is 4.39 Å². The molecule has 0 saturated carbocycles. The van der Waals surface area contributed by atoms with Gasteiger partial charge >= 0.3 is 0 Å². The lowest BCUT2D eigenvalue weighted by atomic mass is 9.96. The Morgan fingerprint density at radius 2 is 2.13 bits per heavy atom. The molecule has 1 N–H and O–H groups in total. The van der Waals surface area contributed by atoms with Crippen LogP contribution < -0.4 is 0 Å². The molecule has 23 heavy (non-hydrogen) atoms. The maximum atomic E-state index is 13.2. The number of carbonyl (C=O) groups excluding carboxylic acids is 1. The minimum atomic E-state index is -0.265. The topological polar surface area (TPSA) is 43.8 Å². The van der Waals surface area contributed by atoms with Crippen LogP contribution in [0, 0.1) is 17.7 Å². The first-order valence-corrected chi connectivity index (χ1v) is 8.35. The summed E-state index contributed by atoms with van der Waals surface area (Å²) in [5.74, 6) is 0.304. The molecular weight excluding hydrogens is 295 g/mol. The Morgan fingerprint density at radius 1 is 1.39 bits per heavy atom. The maximum Gasteiger partial charge on any atom is 0.222 e. The average Bonchev–Trinajstić information content (AvgIpc) is 2.95. The summed E-state index contributed by atoms with van der Waals surface area (Å²) in [6.45, 7) is 5.41. The molecule has 1 heterocycles. The van der Waals surface area contributed by atoms with E-state index in [0.717, 1.165) is 18.7 Å². The third-order valence-corrected chi connectivity index (χ3v) is 4.77. The highest BCUT2D eigenvalue weighted by Crippen LogP contribution is 2.24. The van der Waals surface area contributed by atoms with E-state index in [1.807, 2.05) is 11.0 Å². The zero-order valence-corrected chi connectivity index (χ0v) is 14.0. The van der Waals surface area contributed by atoms with Crippen LogP contribution in [0.1, 0.15) is 18.9 Å². The zero-order chi connectivity index (χ0) is 16.8. The van der Waals surface area contributed by atoms with Crippen molar-refractivity contribution in [2.75, 3.05) is 39.8 Å². The van der Waals surface area contributed by atoms with Crippen LogP contribution >= 0.6 is 0 Å². The number of hydrogen-bond acceptors (Lipinski definition) is 3. The lowest BCUT2D eigenvalue weighted by Crippen LogP contribution is -2.32. The smallest absolute Gasteiger partial charge is 0.222 e. The summed E-state index contributed by atoms with van der Waals surface area (Å²) >= 11 is 0. The molecule has 1 aromatic carbocycles. The summed E-state index contributed by atoms with van der Waals surface area (Å²) in [6.07, 6.45) is 0.939. The molecule has 1 aromatic rings. The van der Waals surface area contributed by atoms with Crippen molar-refractivity contribution >= 4 is 5.91 Å². The van der Waals surface area contributed by atoms with Gasteiger partial charge in [-0.15, -0.1) is 0 Å². The highest BCUT2D eigenvalue weighted by Gasteiger charge is 2.34. The van der Waals surface area contributed by atoms with Crippen LogP contribution in [0.5, 0.6) is 0 Å². The summed E-state index contributed by atoms with van der Waals surface area (Å²) in [7, 11) is 2.06. The first-order chi connectivity index (χ1) is 11.0. The molecule has 1 aliphatic heterocycles. The number of hydrogen-bond donors (Lipinski definition) is 1. The van der Waals surface area contributed by atoms with E-state index >= 15 is 0 Å². The van der Waals surface area contributed by atoms with Gasteiger partial charge in [0.1, 0.15) is 5.82 Å². The monoisotopic (exact) mass is 322 g/mol. The Balaban J connectivity index is 1.87. The number of carbonyl (C=O) groups is 1. The Labute approximate surface area is 137 Å². The van der Waals surface area contributed by atoms with Gasteiger partial charge in [-0.2, -0.15) is 0 Å². The number of nitrogens with zero attached hydrogens (tertiary/aromatic N) is 2. The lowest BCUT2D eigenvalue weighted by Gasteiger charge is -2.22. The second-order valence-corrected chi connectivity index (χ2v) is 6.49. The van der Waals surface area contributed by atoms with Crippen LogP contribution in [0.15, 0.2) is 24.3 Å². The van der Waals surface area contributed by atoms with Gasteiger partial charge in [0.25, 0.3) is 0 Å². The Kier molecular flexibility index (Phi) is 6.54. The molecule has 128 valence electrons. The number of rotatable bonds is 7. The van der Waals surface area contributed by atoms with Crippen LogP contribution in [0.25, 0.3) is 0 Å². The summed E-state index contributed by atoms with van der Waals surface area (Å²) in [5.41, 5.74) is 0.846. The van der Waals surface area contributed by atoms with Crippen LogP contribution in [-0.2, 0) is 11.2 Å². The molecular formula is C18H27FN2O2. The van der Waals surface area contributed by atoms with Crippen molar-refractivity contribution in [1.29, 1.82) is 0 Å². The van der Waals surface area contributed by atoms with E-state index < -0.39 is 0 Å². The van der Waals surface area contributed by atoms with Crippen LogP contribution in [0.4, 0.5) is 4.39 Å². The second-order valence-electron chi connectivity index (χ2n) is 6.49. The fourth-order valence-electron chi connectivity index (χ4n) is 3.19. The molecule has 5 heteroatoms. The van der Waals surface area contributed by atoms with Crippen LogP contribution in [0.2, 0.25) is 0 Å². The standard InChI is InChI=1S/C18H27FN2O2/c1-3-20(2)10-15-11-21(12-16(15)13-22)18(23)8-7-14-5-4-6-17(19)9-14/h4-6,9,15-16,22H,3,7-8,10-13H2,1-2H3/t15-,16-/m1/s1. The van der Waals surface area contributed by atoms with Crippen LogP contribution in [0.3, 0.4) is 0 Å². The molecule has 4 nitrogen and oxygen atoms in total. The Hall–Kier alpha value is -1.46. The van der Waals surface area contributed by atoms with Crippen molar-refractivity contribution in [3.05, 3.63) is 35.6 Å². The third-order valence-electron chi connectivity index (χ3n) is 4.77. The third kappa shape index (κ3) is 5.01. The number of aryl methyl sites for hydroxylation is 1. The first-order valence-electron chi connectivity index (χ1n) is 8.35. The van der Waals surface area contributed by atoms with Gasteiger partial charge < -0.3 is 14.9 Å². The van der Waals surface area contributed by atoms with Gasteiger partial charge in [0.05, 0.1) is 0 Å². The number of benzene rings is 1. The highest BCUT2D eigenvalue weighted by molar-refractivity contribution is 5.76. The Bertz CT molecular complexity index is 523. The first kappa shape index (κ1) is 17.9. The molecule has 1 aliphatic rings. The van der Waals surface area contributed by atoms with E-state index in [4.69, 9.17) is 0 Å². The molecule has 2 atom stereocenters. The number of halogens is 1. The van der Waals surface area contributed by atoms with Gasteiger partial charge in [-0.3, -0.25) is 4.79 Å². The Morgan fingerprint density at radius 3 is 2.78 bits per heavy atom. The molecule has 1 saturated heterocycles. The van der Waals surface area contributed by atoms with E-state index in [0.29, 0.717) is 31.8 Å².